The molecule has 3 rings (SSSR count). The Hall–Kier alpha value is -2.47. The first-order valence-electron chi connectivity index (χ1n) is 9.15. The molecule has 0 saturated carbocycles. The summed E-state index contributed by atoms with van der Waals surface area (Å²) in [6, 6.07) is 12.2. The van der Waals surface area contributed by atoms with Crippen molar-refractivity contribution < 1.29 is 9.47 Å². The largest absolute Gasteiger partial charge is 0.478 e. The van der Waals surface area contributed by atoms with Gasteiger partial charge in [-0.05, 0) is 18.9 Å². The Bertz CT molecular complexity index is 742. The molecule has 0 unspecified atom stereocenters. The molecule has 0 atom stereocenters. The van der Waals surface area contributed by atoms with Crippen LogP contribution < -0.4 is 9.64 Å². The third-order valence-corrected chi connectivity index (χ3v) is 4.11. The summed E-state index contributed by atoms with van der Waals surface area (Å²) >= 11 is 0. The van der Waals surface area contributed by atoms with E-state index in [1.54, 1.807) is 0 Å². The van der Waals surface area contributed by atoms with E-state index in [-0.39, 0.29) is 0 Å². The lowest BCUT2D eigenvalue weighted by molar-refractivity contribution is 0.122. The second-order valence-corrected chi connectivity index (χ2v) is 6.36. The molecule has 0 amide bonds. The Morgan fingerprint density at radius 1 is 1.19 bits per heavy atom. The van der Waals surface area contributed by atoms with Crippen molar-refractivity contribution in [2.75, 3.05) is 37.8 Å². The van der Waals surface area contributed by atoms with Gasteiger partial charge in [-0.25, -0.2) is 0 Å². The van der Waals surface area contributed by atoms with Crippen LogP contribution in [0.2, 0.25) is 0 Å². The summed E-state index contributed by atoms with van der Waals surface area (Å²) in [5.41, 5.74) is 3.42. The average Bonchev–Trinajstić information content (AvgIpc) is 2.67. The molecule has 0 N–H and O–H groups in total. The molecule has 1 fully saturated rings. The van der Waals surface area contributed by atoms with Gasteiger partial charge in [-0.2, -0.15) is 10.1 Å². The fourth-order valence-electron chi connectivity index (χ4n) is 2.81. The van der Waals surface area contributed by atoms with Crippen LogP contribution in [0, 0.1) is 6.92 Å². The minimum absolute atomic E-state index is 0.538. The van der Waals surface area contributed by atoms with Crippen molar-refractivity contribution in [3.63, 3.8) is 0 Å². The van der Waals surface area contributed by atoms with Gasteiger partial charge in [-0.15, -0.1) is 5.11 Å². The lowest BCUT2D eigenvalue weighted by atomic mass is 10.1. The Morgan fingerprint density at radius 2 is 2.04 bits per heavy atom. The number of benzene rings is 1. The van der Waals surface area contributed by atoms with E-state index in [1.165, 1.54) is 5.56 Å². The van der Waals surface area contributed by atoms with E-state index in [1.807, 2.05) is 18.2 Å². The normalized spacial score (nSPS) is 14.8. The molecule has 1 saturated heterocycles. The quantitative estimate of drug-likeness (QED) is 0.696. The van der Waals surface area contributed by atoms with Crippen LogP contribution in [0.15, 0.2) is 46.6 Å². The van der Waals surface area contributed by atoms with Gasteiger partial charge < -0.3 is 14.4 Å². The summed E-state index contributed by atoms with van der Waals surface area (Å²) in [6.45, 7) is 8.51. The molecule has 6 nitrogen and oxygen atoms in total. The zero-order valence-electron chi connectivity index (χ0n) is 15.5. The topological polar surface area (TPSA) is 59.3 Å². The number of ether oxygens (including phenoxy) is 2. The molecule has 26 heavy (non-hydrogen) atoms. The predicted octanol–water partition coefficient (Wildman–Crippen LogP) is 4.30. The lowest BCUT2D eigenvalue weighted by Crippen LogP contribution is -2.36. The van der Waals surface area contributed by atoms with E-state index < -0.39 is 0 Å². The summed E-state index contributed by atoms with van der Waals surface area (Å²) in [6.07, 6.45) is 0.938. The van der Waals surface area contributed by atoms with Crippen molar-refractivity contribution in [2.45, 2.75) is 26.8 Å². The number of anilines is 1. The van der Waals surface area contributed by atoms with Gasteiger partial charge >= 0.3 is 0 Å². The van der Waals surface area contributed by atoms with Crippen LogP contribution in [0.4, 0.5) is 11.5 Å². The highest BCUT2D eigenvalue weighted by Gasteiger charge is 2.14. The molecule has 2 heterocycles. The van der Waals surface area contributed by atoms with Gasteiger partial charge in [-0.1, -0.05) is 36.8 Å². The van der Waals surface area contributed by atoms with E-state index in [2.05, 4.69) is 52.2 Å². The van der Waals surface area contributed by atoms with Crippen molar-refractivity contribution in [1.29, 1.82) is 0 Å². The van der Waals surface area contributed by atoms with Crippen molar-refractivity contribution in [1.82, 2.24) is 4.98 Å². The maximum Gasteiger partial charge on any atom is 0.217 e. The number of azo groups is 1. The number of pyridine rings is 1. The number of hydrogen-bond donors (Lipinski definition) is 0. The number of hydrogen-bond acceptors (Lipinski definition) is 6. The number of nitrogens with zero attached hydrogens (tertiary/aromatic N) is 4. The molecule has 1 aliphatic rings. The smallest absolute Gasteiger partial charge is 0.217 e. The van der Waals surface area contributed by atoms with Gasteiger partial charge in [0, 0.05) is 30.9 Å². The third-order valence-electron chi connectivity index (χ3n) is 4.11. The third kappa shape index (κ3) is 5.26. The number of aryl methyl sites for hydroxylation is 1. The van der Waals surface area contributed by atoms with Crippen molar-refractivity contribution in [3.05, 3.63) is 47.5 Å². The van der Waals surface area contributed by atoms with Crippen LogP contribution in [0.5, 0.6) is 5.88 Å². The molecule has 2 aromatic rings. The highest BCUT2D eigenvalue weighted by Crippen LogP contribution is 2.26. The second-order valence-electron chi connectivity index (χ2n) is 6.36. The van der Waals surface area contributed by atoms with Gasteiger partial charge in [0.05, 0.1) is 26.4 Å². The van der Waals surface area contributed by atoms with Gasteiger partial charge in [0.25, 0.3) is 0 Å². The molecule has 1 aromatic heterocycles. The highest BCUT2D eigenvalue weighted by molar-refractivity contribution is 5.55. The fourth-order valence-corrected chi connectivity index (χ4v) is 2.81. The molecule has 1 aromatic carbocycles. The first kappa shape index (κ1) is 18.3. The fraction of sp³-hybridized carbons (Fsp3) is 0.450. The average molecular weight is 354 g/mol. The molecular formula is C20H26N4O2. The van der Waals surface area contributed by atoms with Crippen LogP contribution in [-0.2, 0) is 11.3 Å². The predicted molar refractivity (Wildman–Crippen MR) is 102 cm³/mol. The van der Waals surface area contributed by atoms with E-state index in [4.69, 9.17) is 9.47 Å². The summed E-state index contributed by atoms with van der Waals surface area (Å²) in [4.78, 5) is 6.74. The van der Waals surface area contributed by atoms with Crippen LogP contribution in [0.3, 0.4) is 0 Å². The van der Waals surface area contributed by atoms with Crippen LogP contribution >= 0.6 is 0 Å². The first-order chi connectivity index (χ1) is 12.7. The Kier molecular flexibility index (Phi) is 6.55. The van der Waals surface area contributed by atoms with Gasteiger partial charge in [0.1, 0.15) is 0 Å². The van der Waals surface area contributed by atoms with E-state index in [0.717, 1.165) is 44.0 Å². The van der Waals surface area contributed by atoms with Crippen molar-refractivity contribution in [2.24, 2.45) is 10.2 Å². The second kappa shape index (κ2) is 9.29. The van der Waals surface area contributed by atoms with E-state index in [9.17, 15) is 0 Å². The zero-order valence-corrected chi connectivity index (χ0v) is 15.5. The Labute approximate surface area is 154 Å². The standard InChI is InChI=1S/C20H26N4O2/c1-3-9-26-20-14-18(24-7-10-25-11-8-24)13-19(22-20)23-21-15-17-6-4-5-16(2)12-17/h4-6,12-14H,3,7-11,15H2,1-2H3. The van der Waals surface area contributed by atoms with Crippen LogP contribution in [0.25, 0.3) is 0 Å². The van der Waals surface area contributed by atoms with Gasteiger partial charge in [0.15, 0.2) is 5.82 Å². The maximum absolute atomic E-state index is 5.74. The molecule has 0 bridgehead atoms. The highest BCUT2D eigenvalue weighted by atomic mass is 16.5. The molecule has 1 aliphatic heterocycles. The maximum atomic E-state index is 5.74. The Balaban J connectivity index is 1.76. The SMILES string of the molecule is CCCOc1cc(N2CCOCC2)cc(N=NCc2cccc(C)c2)n1. The number of rotatable bonds is 7. The molecule has 138 valence electrons. The minimum atomic E-state index is 0.538. The number of morpholine rings is 1. The monoisotopic (exact) mass is 354 g/mol. The summed E-state index contributed by atoms with van der Waals surface area (Å²) in [7, 11) is 0. The summed E-state index contributed by atoms with van der Waals surface area (Å²) in [5, 5.41) is 8.66. The van der Waals surface area contributed by atoms with Crippen LogP contribution in [0.1, 0.15) is 24.5 Å². The molecular weight excluding hydrogens is 328 g/mol. The molecule has 6 heteroatoms. The molecule has 0 aliphatic carbocycles. The lowest BCUT2D eigenvalue weighted by Gasteiger charge is -2.29. The van der Waals surface area contributed by atoms with Crippen molar-refractivity contribution in [3.8, 4) is 5.88 Å². The van der Waals surface area contributed by atoms with Gasteiger partial charge in [0.2, 0.25) is 5.88 Å². The summed E-state index contributed by atoms with van der Waals surface area (Å²) < 4.78 is 11.2. The number of aromatic nitrogens is 1. The molecule has 0 radical (unpaired) electrons. The zero-order chi connectivity index (χ0) is 18.2. The van der Waals surface area contributed by atoms with Crippen molar-refractivity contribution >= 4 is 11.5 Å². The Morgan fingerprint density at radius 3 is 2.81 bits per heavy atom. The van der Waals surface area contributed by atoms with Crippen LogP contribution in [-0.4, -0.2) is 37.9 Å². The van der Waals surface area contributed by atoms with Gasteiger partial charge in [-0.3, -0.25) is 0 Å². The summed E-state index contributed by atoms with van der Waals surface area (Å²) in [5.74, 6) is 1.17. The first-order valence-corrected chi connectivity index (χ1v) is 9.15. The van der Waals surface area contributed by atoms with E-state index in [0.29, 0.717) is 24.8 Å². The minimum Gasteiger partial charge on any atom is -0.478 e. The van der Waals surface area contributed by atoms with E-state index >= 15 is 0 Å². The molecule has 0 spiro atoms.